The van der Waals surface area contributed by atoms with Gasteiger partial charge in [0.1, 0.15) is 6.26 Å². The maximum Gasteiger partial charge on any atom is 0.232 e. The zero-order valence-corrected chi connectivity index (χ0v) is 15.8. The third-order valence-corrected chi connectivity index (χ3v) is 4.93. The van der Waals surface area contributed by atoms with E-state index in [0.717, 1.165) is 16.8 Å². The van der Waals surface area contributed by atoms with Gasteiger partial charge in [-0.25, -0.2) is 4.98 Å². The number of carbonyl (C=O) groups is 1. The van der Waals surface area contributed by atoms with Crippen molar-refractivity contribution >= 4 is 17.7 Å². The standard InChI is InChI=1S/C21H19N3O2S/c1-24(12-17-9-7-16(11-22)8-10-17)20(25)15-27-14-19-13-26-21(23-19)18-5-3-2-4-6-18/h2-10,13H,12,14-15H2,1H3. The van der Waals surface area contributed by atoms with Crippen molar-refractivity contribution in [2.24, 2.45) is 0 Å². The number of benzene rings is 2. The van der Waals surface area contributed by atoms with E-state index in [1.807, 2.05) is 42.5 Å². The van der Waals surface area contributed by atoms with Crippen molar-refractivity contribution < 1.29 is 9.21 Å². The predicted octanol–water partition coefficient (Wildman–Crippen LogP) is 4.11. The van der Waals surface area contributed by atoms with Crippen LogP contribution in [0.15, 0.2) is 65.3 Å². The lowest BCUT2D eigenvalue weighted by molar-refractivity contribution is -0.127. The van der Waals surface area contributed by atoms with Crippen molar-refractivity contribution in [1.29, 1.82) is 5.26 Å². The summed E-state index contributed by atoms with van der Waals surface area (Å²) in [6.45, 7) is 0.521. The average molecular weight is 377 g/mol. The van der Waals surface area contributed by atoms with Gasteiger partial charge in [-0.2, -0.15) is 5.26 Å². The highest BCUT2D eigenvalue weighted by atomic mass is 32.2. The Morgan fingerprint density at radius 3 is 2.63 bits per heavy atom. The second-order valence-electron chi connectivity index (χ2n) is 6.06. The molecule has 0 radical (unpaired) electrons. The van der Waals surface area contributed by atoms with Crippen molar-refractivity contribution in [2.75, 3.05) is 12.8 Å². The van der Waals surface area contributed by atoms with E-state index in [1.54, 1.807) is 30.3 Å². The number of rotatable bonds is 7. The highest BCUT2D eigenvalue weighted by Gasteiger charge is 2.11. The molecule has 3 rings (SSSR count). The van der Waals surface area contributed by atoms with Crippen molar-refractivity contribution in [1.82, 2.24) is 9.88 Å². The highest BCUT2D eigenvalue weighted by Crippen LogP contribution is 2.20. The van der Waals surface area contributed by atoms with Gasteiger partial charge in [-0.15, -0.1) is 11.8 Å². The summed E-state index contributed by atoms with van der Waals surface area (Å²) in [5, 5.41) is 8.83. The molecule has 1 aromatic heterocycles. The topological polar surface area (TPSA) is 70.1 Å². The van der Waals surface area contributed by atoms with E-state index in [0.29, 0.717) is 29.5 Å². The smallest absolute Gasteiger partial charge is 0.232 e. The minimum absolute atomic E-state index is 0.0520. The third-order valence-electron chi connectivity index (χ3n) is 3.98. The summed E-state index contributed by atoms with van der Waals surface area (Å²) in [5.41, 5.74) is 3.37. The molecule has 0 unspecified atom stereocenters. The molecule has 0 aliphatic heterocycles. The summed E-state index contributed by atoms with van der Waals surface area (Å²) in [6, 6.07) is 19.1. The van der Waals surface area contributed by atoms with Crippen LogP contribution in [0.4, 0.5) is 0 Å². The van der Waals surface area contributed by atoms with Gasteiger partial charge in [0, 0.05) is 24.9 Å². The highest BCUT2D eigenvalue weighted by molar-refractivity contribution is 7.99. The molecular formula is C21H19N3O2S. The van der Waals surface area contributed by atoms with E-state index in [1.165, 1.54) is 11.8 Å². The van der Waals surface area contributed by atoms with Gasteiger partial charge < -0.3 is 9.32 Å². The second-order valence-corrected chi connectivity index (χ2v) is 7.05. The number of nitrogens with zero attached hydrogens (tertiary/aromatic N) is 3. The number of amides is 1. The molecule has 6 heteroatoms. The van der Waals surface area contributed by atoms with Gasteiger partial charge in [-0.05, 0) is 29.8 Å². The lowest BCUT2D eigenvalue weighted by Crippen LogP contribution is -2.27. The van der Waals surface area contributed by atoms with E-state index in [9.17, 15) is 4.79 Å². The molecule has 0 aliphatic carbocycles. The van der Waals surface area contributed by atoms with Crippen LogP contribution in [0.5, 0.6) is 0 Å². The van der Waals surface area contributed by atoms with Crippen LogP contribution in [0, 0.1) is 11.3 Å². The van der Waals surface area contributed by atoms with E-state index in [4.69, 9.17) is 9.68 Å². The molecule has 0 saturated heterocycles. The molecule has 0 saturated carbocycles. The first kappa shape index (κ1) is 18.7. The molecule has 2 aromatic carbocycles. The summed E-state index contributed by atoms with van der Waals surface area (Å²) in [6.07, 6.45) is 1.64. The first-order valence-corrected chi connectivity index (χ1v) is 9.62. The zero-order chi connectivity index (χ0) is 19.1. The van der Waals surface area contributed by atoms with Gasteiger partial charge in [0.05, 0.1) is 23.1 Å². The molecule has 1 heterocycles. The molecule has 5 nitrogen and oxygen atoms in total. The molecule has 0 N–H and O–H groups in total. The van der Waals surface area contributed by atoms with E-state index >= 15 is 0 Å². The van der Waals surface area contributed by atoms with Crippen molar-refractivity contribution in [2.45, 2.75) is 12.3 Å². The van der Waals surface area contributed by atoms with E-state index in [-0.39, 0.29) is 5.91 Å². The number of hydrogen-bond donors (Lipinski definition) is 0. The molecule has 3 aromatic rings. The maximum atomic E-state index is 12.3. The molecule has 136 valence electrons. The fraction of sp³-hybridized carbons (Fsp3) is 0.190. The van der Waals surface area contributed by atoms with Gasteiger partial charge in [-0.1, -0.05) is 30.3 Å². The van der Waals surface area contributed by atoms with Crippen molar-refractivity contribution in [3.63, 3.8) is 0 Å². The van der Waals surface area contributed by atoms with Crippen LogP contribution in [-0.2, 0) is 17.1 Å². The molecule has 0 aliphatic rings. The monoisotopic (exact) mass is 377 g/mol. The van der Waals surface area contributed by atoms with Crippen LogP contribution in [0.1, 0.15) is 16.8 Å². The van der Waals surface area contributed by atoms with Crippen LogP contribution in [0.25, 0.3) is 11.5 Å². The largest absolute Gasteiger partial charge is 0.444 e. The molecule has 0 bridgehead atoms. The molecule has 0 fully saturated rings. The molecule has 0 spiro atoms. The number of carbonyl (C=O) groups excluding carboxylic acids is 1. The maximum absolute atomic E-state index is 12.3. The Bertz CT molecular complexity index is 930. The first-order valence-electron chi connectivity index (χ1n) is 8.46. The SMILES string of the molecule is CN(Cc1ccc(C#N)cc1)C(=O)CSCc1coc(-c2ccccc2)n1. The van der Waals surface area contributed by atoms with Gasteiger partial charge in [0.15, 0.2) is 0 Å². The second kappa shape index (κ2) is 9.06. The predicted molar refractivity (Wildman–Crippen MR) is 106 cm³/mol. The first-order chi connectivity index (χ1) is 13.2. The average Bonchev–Trinajstić information content (AvgIpc) is 3.18. The summed E-state index contributed by atoms with van der Waals surface area (Å²) >= 11 is 1.51. The number of thioether (sulfide) groups is 1. The Morgan fingerprint density at radius 1 is 1.19 bits per heavy atom. The summed E-state index contributed by atoms with van der Waals surface area (Å²) in [4.78, 5) is 18.5. The molecular weight excluding hydrogens is 358 g/mol. The number of oxazole rings is 1. The van der Waals surface area contributed by atoms with Crippen LogP contribution in [0.3, 0.4) is 0 Å². The molecule has 1 amide bonds. The van der Waals surface area contributed by atoms with E-state index < -0.39 is 0 Å². The number of aromatic nitrogens is 1. The van der Waals surface area contributed by atoms with Crippen LogP contribution in [0.2, 0.25) is 0 Å². The van der Waals surface area contributed by atoms with Crippen molar-refractivity contribution in [3.8, 4) is 17.5 Å². The van der Waals surface area contributed by atoms with Gasteiger partial charge in [0.25, 0.3) is 0 Å². The minimum Gasteiger partial charge on any atom is -0.444 e. The van der Waals surface area contributed by atoms with E-state index in [2.05, 4.69) is 11.1 Å². The lowest BCUT2D eigenvalue weighted by atomic mass is 10.1. The summed E-state index contributed by atoms with van der Waals surface area (Å²) in [5.74, 6) is 1.64. The summed E-state index contributed by atoms with van der Waals surface area (Å²) in [7, 11) is 1.78. The summed E-state index contributed by atoms with van der Waals surface area (Å²) < 4.78 is 5.51. The molecule has 0 atom stereocenters. The molecule has 27 heavy (non-hydrogen) atoms. The minimum atomic E-state index is 0.0520. The Morgan fingerprint density at radius 2 is 1.93 bits per heavy atom. The van der Waals surface area contributed by atoms with Crippen LogP contribution >= 0.6 is 11.8 Å². The van der Waals surface area contributed by atoms with Gasteiger partial charge in [0.2, 0.25) is 11.8 Å². The normalized spacial score (nSPS) is 10.4. The Hall–Kier alpha value is -3.04. The number of nitriles is 1. The van der Waals surface area contributed by atoms with Crippen LogP contribution < -0.4 is 0 Å². The third kappa shape index (κ3) is 5.22. The van der Waals surface area contributed by atoms with Crippen molar-refractivity contribution in [3.05, 3.63) is 77.7 Å². The Labute approximate surface area is 162 Å². The fourth-order valence-electron chi connectivity index (χ4n) is 2.49. The zero-order valence-electron chi connectivity index (χ0n) is 15.0. The number of hydrogen-bond acceptors (Lipinski definition) is 5. The Balaban J connectivity index is 1.46. The quantitative estimate of drug-likeness (QED) is 0.620. The van der Waals surface area contributed by atoms with Gasteiger partial charge in [-0.3, -0.25) is 4.79 Å². The lowest BCUT2D eigenvalue weighted by Gasteiger charge is -2.17. The fourth-order valence-corrected chi connectivity index (χ4v) is 3.33. The van der Waals surface area contributed by atoms with Crippen LogP contribution in [-0.4, -0.2) is 28.6 Å². The Kier molecular flexibility index (Phi) is 6.29. The van der Waals surface area contributed by atoms with Gasteiger partial charge >= 0.3 is 0 Å².